The van der Waals surface area contributed by atoms with Gasteiger partial charge in [0.1, 0.15) is 5.76 Å². The van der Waals surface area contributed by atoms with Crippen LogP contribution in [-0.4, -0.2) is 27.3 Å². The van der Waals surface area contributed by atoms with E-state index < -0.39 is 0 Å². The third-order valence-electron chi connectivity index (χ3n) is 4.73. The highest BCUT2D eigenvalue weighted by atomic mass is 16.5. The van der Waals surface area contributed by atoms with Crippen molar-refractivity contribution in [1.29, 1.82) is 0 Å². The van der Waals surface area contributed by atoms with Crippen LogP contribution in [0.15, 0.2) is 28.9 Å². The van der Waals surface area contributed by atoms with Gasteiger partial charge in [-0.15, -0.1) is 0 Å². The Morgan fingerprint density at radius 1 is 1.42 bits per heavy atom. The summed E-state index contributed by atoms with van der Waals surface area (Å²) in [7, 11) is 0. The molecule has 1 fully saturated rings. The van der Waals surface area contributed by atoms with Crippen LogP contribution in [0.1, 0.15) is 48.0 Å². The number of carbonyl (C=O) groups is 1. The van der Waals surface area contributed by atoms with Gasteiger partial charge in [0.2, 0.25) is 5.91 Å². The van der Waals surface area contributed by atoms with Crippen molar-refractivity contribution in [2.75, 3.05) is 0 Å². The van der Waals surface area contributed by atoms with Gasteiger partial charge in [0.25, 0.3) is 0 Å². The number of nitrogens with zero attached hydrogens (tertiary/aromatic N) is 2. The van der Waals surface area contributed by atoms with Gasteiger partial charge < -0.3 is 14.9 Å². The van der Waals surface area contributed by atoms with Gasteiger partial charge in [0, 0.05) is 18.2 Å². The van der Waals surface area contributed by atoms with Crippen molar-refractivity contribution >= 4 is 5.91 Å². The summed E-state index contributed by atoms with van der Waals surface area (Å²) in [6.45, 7) is 3.75. The lowest BCUT2D eigenvalue weighted by atomic mass is 9.76. The molecule has 6 nitrogen and oxygen atoms in total. The van der Waals surface area contributed by atoms with Gasteiger partial charge in [-0.3, -0.25) is 9.78 Å². The Kier molecular flexibility index (Phi) is 4.94. The molecule has 1 saturated carbocycles. The fourth-order valence-electron chi connectivity index (χ4n) is 3.24. The molecule has 2 N–H and O–H groups in total. The maximum atomic E-state index is 12.4. The lowest BCUT2D eigenvalue weighted by molar-refractivity contribution is -0.123. The van der Waals surface area contributed by atoms with Crippen LogP contribution < -0.4 is 5.32 Å². The first-order valence-electron chi connectivity index (χ1n) is 8.34. The van der Waals surface area contributed by atoms with Crippen LogP contribution >= 0.6 is 0 Å². The molecule has 1 aliphatic rings. The maximum Gasteiger partial charge on any atom is 0.220 e. The lowest BCUT2D eigenvalue weighted by Gasteiger charge is -2.37. The molecule has 1 aliphatic carbocycles. The van der Waals surface area contributed by atoms with Crippen LogP contribution in [-0.2, 0) is 11.2 Å². The molecule has 0 bridgehead atoms. The Bertz CT molecular complexity index is 673. The molecule has 0 aromatic carbocycles. The summed E-state index contributed by atoms with van der Waals surface area (Å²) in [6.07, 6.45) is 3.85. The molecule has 24 heavy (non-hydrogen) atoms. The van der Waals surface area contributed by atoms with Gasteiger partial charge in [-0.2, -0.15) is 0 Å². The Hall–Kier alpha value is -2.21. The second kappa shape index (κ2) is 7.13. The fourth-order valence-corrected chi connectivity index (χ4v) is 3.24. The number of rotatable bonds is 6. The molecule has 3 rings (SSSR count). The minimum absolute atomic E-state index is 0.0213. The van der Waals surface area contributed by atoms with E-state index in [1.54, 1.807) is 6.20 Å². The molecule has 0 aliphatic heterocycles. The molecular formula is C18H23N3O3. The highest BCUT2D eigenvalue weighted by Crippen LogP contribution is 2.37. The number of nitrogens with one attached hydrogen (secondary N) is 1. The van der Waals surface area contributed by atoms with Gasteiger partial charge in [-0.05, 0) is 51.2 Å². The summed E-state index contributed by atoms with van der Waals surface area (Å²) in [5.41, 5.74) is 2.68. The molecule has 6 heteroatoms. The van der Waals surface area contributed by atoms with E-state index in [4.69, 9.17) is 4.52 Å². The van der Waals surface area contributed by atoms with Crippen molar-refractivity contribution in [1.82, 2.24) is 15.5 Å². The average Bonchev–Trinajstić information content (AvgIpc) is 2.87. The lowest BCUT2D eigenvalue weighted by Crippen LogP contribution is -2.41. The Morgan fingerprint density at radius 3 is 2.79 bits per heavy atom. The molecule has 2 heterocycles. The molecule has 128 valence electrons. The zero-order valence-corrected chi connectivity index (χ0v) is 14.0. The monoisotopic (exact) mass is 329 g/mol. The molecule has 0 saturated heterocycles. The van der Waals surface area contributed by atoms with Crippen LogP contribution in [0, 0.1) is 19.8 Å². The van der Waals surface area contributed by atoms with Crippen LogP contribution in [0.2, 0.25) is 0 Å². The first-order chi connectivity index (χ1) is 11.5. The van der Waals surface area contributed by atoms with Crippen LogP contribution in [0.5, 0.6) is 0 Å². The largest absolute Gasteiger partial charge is 0.393 e. The number of aliphatic hydroxyl groups is 1. The number of amides is 1. The number of hydrogen-bond acceptors (Lipinski definition) is 5. The topological polar surface area (TPSA) is 88.3 Å². The SMILES string of the molecule is Cc1noc(C)c1CCC(=O)N[C@H](c1ccccn1)C1CC(O)C1. The molecule has 0 radical (unpaired) electrons. The van der Waals surface area contributed by atoms with E-state index in [0.29, 0.717) is 25.7 Å². The number of hydrogen-bond donors (Lipinski definition) is 2. The molecule has 0 unspecified atom stereocenters. The highest BCUT2D eigenvalue weighted by Gasteiger charge is 2.36. The average molecular weight is 329 g/mol. The molecule has 0 spiro atoms. The van der Waals surface area contributed by atoms with Crippen LogP contribution in [0.3, 0.4) is 0 Å². The predicted molar refractivity (Wildman–Crippen MR) is 88.1 cm³/mol. The third kappa shape index (κ3) is 3.64. The van der Waals surface area contributed by atoms with E-state index in [9.17, 15) is 9.90 Å². The molecule has 1 atom stereocenters. The van der Waals surface area contributed by atoms with Gasteiger partial charge in [0.15, 0.2) is 0 Å². The van der Waals surface area contributed by atoms with Crippen LogP contribution in [0.25, 0.3) is 0 Å². The summed E-state index contributed by atoms with van der Waals surface area (Å²) in [6, 6.07) is 5.55. The first-order valence-corrected chi connectivity index (χ1v) is 8.34. The second-order valence-corrected chi connectivity index (χ2v) is 6.49. The molecule has 2 aromatic heterocycles. The molecule has 2 aromatic rings. The summed E-state index contributed by atoms with van der Waals surface area (Å²) >= 11 is 0. The smallest absolute Gasteiger partial charge is 0.220 e. The first kappa shape index (κ1) is 16.6. The standard InChI is InChI=1S/C18H23N3O3/c1-11-15(12(2)24-21-11)6-7-17(23)20-18(13-9-14(22)10-13)16-5-3-4-8-19-16/h3-5,8,13-14,18,22H,6-7,9-10H2,1-2H3,(H,20,23)/t13?,14?,18-/m0/s1. The van der Waals surface area contributed by atoms with Crippen molar-refractivity contribution in [3.8, 4) is 0 Å². The van der Waals surface area contributed by atoms with Crippen molar-refractivity contribution < 1.29 is 14.4 Å². The molecular weight excluding hydrogens is 306 g/mol. The minimum atomic E-state index is -0.264. The quantitative estimate of drug-likeness (QED) is 0.848. The summed E-state index contributed by atoms with van der Waals surface area (Å²) in [5, 5.41) is 16.6. The van der Waals surface area contributed by atoms with E-state index in [2.05, 4.69) is 15.5 Å². The molecule has 1 amide bonds. The Balaban J connectivity index is 1.63. The van der Waals surface area contributed by atoms with E-state index in [0.717, 1.165) is 22.7 Å². The Labute approximate surface area is 141 Å². The maximum absolute atomic E-state index is 12.4. The highest BCUT2D eigenvalue weighted by molar-refractivity contribution is 5.76. The predicted octanol–water partition coefficient (Wildman–Crippen LogP) is 2.25. The minimum Gasteiger partial charge on any atom is -0.393 e. The summed E-state index contributed by atoms with van der Waals surface area (Å²) < 4.78 is 5.14. The number of pyridine rings is 1. The van der Waals surface area contributed by atoms with E-state index in [1.165, 1.54) is 0 Å². The number of aromatic nitrogens is 2. The van der Waals surface area contributed by atoms with Crippen molar-refractivity contribution in [3.63, 3.8) is 0 Å². The van der Waals surface area contributed by atoms with Gasteiger partial charge in [0.05, 0.1) is 23.5 Å². The summed E-state index contributed by atoms with van der Waals surface area (Å²) in [5.74, 6) is 0.980. The van der Waals surface area contributed by atoms with Crippen molar-refractivity contribution in [2.24, 2.45) is 5.92 Å². The number of aliphatic hydroxyl groups excluding tert-OH is 1. The van der Waals surface area contributed by atoms with E-state index >= 15 is 0 Å². The normalized spacial score (nSPS) is 21.1. The van der Waals surface area contributed by atoms with Crippen molar-refractivity contribution in [3.05, 3.63) is 47.1 Å². The van der Waals surface area contributed by atoms with E-state index in [-0.39, 0.29) is 24.0 Å². The fraction of sp³-hybridized carbons (Fsp3) is 0.500. The zero-order valence-electron chi connectivity index (χ0n) is 14.0. The van der Waals surface area contributed by atoms with Crippen molar-refractivity contribution in [2.45, 2.75) is 51.7 Å². The van der Waals surface area contributed by atoms with Gasteiger partial charge in [-0.1, -0.05) is 11.2 Å². The second-order valence-electron chi connectivity index (χ2n) is 6.49. The Morgan fingerprint density at radius 2 is 2.21 bits per heavy atom. The summed E-state index contributed by atoms with van der Waals surface area (Å²) in [4.78, 5) is 16.8. The van der Waals surface area contributed by atoms with Gasteiger partial charge >= 0.3 is 0 Å². The number of carbonyl (C=O) groups excluding carboxylic acids is 1. The zero-order chi connectivity index (χ0) is 17.1. The van der Waals surface area contributed by atoms with E-state index in [1.807, 2.05) is 32.0 Å². The number of aryl methyl sites for hydroxylation is 2. The third-order valence-corrected chi connectivity index (χ3v) is 4.73. The van der Waals surface area contributed by atoms with Crippen LogP contribution in [0.4, 0.5) is 0 Å². The van der Waals surface area contributed by atoms with Gasteiger partial charge in [-0.25, -0.2) is 0 Å².